The van der Waals surface area contributed by atoms with Gasteiger partial charge in [0.15, 0.2) is 28.3 Å². The molecule has 31 heteroatoms. The van der Waals surface area contributed by atoms with Crippen LogP contribution in [0.25, 0.3) is 44.9 Å². The monoisotopic (exact) mass is 1710 g/mol. The predicted molar refractivity (Wildman–Crippen MR) is 454 cm³/mol. The number of aromatic nitrogens is 10. The molecule has 2 fully saturated rings. The number of carbonyl (C=O) groups is 2. The van der Waals surface area contributed by atoms with Gasteiger partial charge in [0.05, 0.1) is 85.1 Å². The van der Waals surface area contributed by atoms with Gasteiger partial charge in [0.1, 0.15) is 46.0 Å². The Morgan fingerprint density at radius 2 is 0.838 bits per heavy atom. The Hall–Kier alpha value is -6.16. The van der Waals surface area contributed by atoms with Crippen molar-refractivity contribution in [3.63, 3.8) is 0 Å². The molecule has 0 bridgehead atoms. The maximum absolute atomic E-state index is 13.6. The molecule has 8 aromatic rings. The summed E-state index contributed by atoms with van der Waals surface area (Å²) in [5, 5.41) is 19.3. The molecule has 6 heterocycles. The van der Waals surface area contributed by atoms with Crippen molar-refractivity contribution >= 4 is 89.8 Å². The molecule has 0 aliphatic heterocycles. The SMILES string of the molecule is COCCOC(=O)C1(OCCOC)CCC(c2cc(N(COCC[Si](C)(C)C)COCC[Si](C)(C)C)n3ncc(-c4cnn(-c5ccccc5)c4)c3n2)CC1.COCCOC(=O)C1(OCCOC)CCC(c2nc3c(-c4cnn(-c5ccccc5)c4)cnn3c(N(COCC[Si](C)(C)C)COCC[Si](C)(C)C)c2I)CC1. The lowest BCUT2D eigenvalue weighted by Crippen LogP contribution is -2.46. The van der Waals surface area contributed by atoms with Gasteiger partial charge in [-0.25, -0.2) is 28.9 Å². The van der Waals surface area contributed by atoms with Crippen molar-refractivity contribution < 1.29 is 66.4 Å². The minimum Gasteiger partial charge on any atom is -0.461 e. The molecule has 2 aliphatic carbocycles. The van der Waals surface area contributed by atoms with Crippen molar-refractivity contribution in [3.8, 4) is 33.6 Å². The van der Waals surface area contributed by atoms with E-state index in [4.69, 9.17) is 82.1 Å². The van der Waals surface area contributed by atoms with Gasteiger partial charge in [-0.2, -0.15) is 29.4 Å². The van der Waals surface area contributed by atoms with Crippen molar-refractivity contribution in [2.45, 2.75) is 177 Å². The van der Waals surface area contributed by atoms with Crippen molar-refractivity contribution in [1.29, 1.82) is 0 Å². The molecule has 0 atom stereocenters. The van der Waals surface area contributed by atoms with E-state index in [-0.39, 0.29) is 37.0 Å². The lowest BCUT2D eigenvalue weighted by atomic mass is 9.77. The Kier molecular flexibility index (Phi) is 33.5. The maximum atomic E-state index is 13.6. The Morgan fingerprint density at radius 1 is 0.459 bits per heavy atom. The zero-order chi connectivity index (χ0) is 79.8. The van der Waals surface area contributed by atoms with E-state index in [1.54, 1.807) is 28.4 Å². The van der Waals surface area contributed by atoms with E-state index in [2.05, 4.69) is 122 Å². The first-order valence-electron chi connectivity index (χ1n) is 39.1. The molecule has 2 aliphatic rings. The number of carbonyl (C=O) groups excluding carboxylic acids is 2. The third-order valence-corrected chi connectivity index (χ3v) is 27.9. The van der Waals surface area contributed by atoms with Crippen LogP contribution in [0.3, 0.4) is 0 Å². The molecule has 0 N–H and O–H groups in total. The Labute approximate surface area is 674 Å². The Balaban J connectivity index is 0.000000255. The van der Waals surface area contributed by atoms with Crippen LogP contribution in [0.15, 0.2) is 104 Å². The van der Waals surface area contributed by atoms with Gasteiger partial charge in [-0.15, -0.1) is 0 Å². The van der Waals surface area contributed by atoms with E-state index in [0.29, 0.717) is 144 Å². The Bertz CT molecular complexity index is 4100. The topological polar surface area (TPSA) is 247 Å². The first-order chi connectivity index (χ1) is 53.1. The van der Waals surface area contributed by atoms with E-state index >= 15 is 0 Å². The normalized spacial score (nSPS) is 17.8. The van der Waals surface area contributed by atoms with Gasteiger partial charge >= 0.3 is 11.9 Å². The first-order valence-corrected chi connectivity index (χ1v) is 55.0. The smallest absolute Gasteiger partial charge is 0.338 e. The number of rotatable bonds is 44. The van der Waals surface area contributed by atoms with Crippen LogP contribution in [-0.2, 0) is 66.4 Å². The van der Waals surface area contributed by atoms with Crippen LogP contribution in [0.1, 0.15) is 74.6 Å². The first kappa shape index (κ1) is 88.8. The zero-order valence-corrected chi connectivity index (χ0v) is 74.9. The highest BCUT2D eigenvalue weighted by molar-refractivity contribution is 14.1. The minimum absolute atomic E-state index is 0.0498. The number of hydrogen-bond acceptors (Lipinski definition) is 22. The molecule has 610 valence electrons. The summed E-state index contributed by atoms with van der Waals surface area (Å²) in [4.78, 5) is 42.1. The lowest BCUT2D eigenvalue weighted by Gasteiger charge is -2.38. The number of halogens is 1. The standard InChI is InChI=1S/C40H61IN6O7Si2.C40H62N6O7Si2/c1-49-18-20-53-39(48)40(54-21-19-50-2)16-14-31(15-17-40)36-35(41)38(45(29-51-22-24-55(3,4)5)30-52-23-25-56(6,7)8)47-37(44-36)34(27-43-47)32-26-42-46(28-32)33-12-10-9-11-13-33;1-48-18-20-52-39(47)40(53-21-19-49-2)16-14-32(15-17-40)36-26-37(44(30-50-22-24-54(3,4)5)31-51-23-25-55(6,7)8)46-38(43-36)35(28-42-46)33-27-41-45(29-33)34-12-10-9-11-13-34/h9-13,26-28,31H,14-25,29-30H2,1-8H3;9-13,26-29,32H,14-25,30-31H2,1-8H3. The quantitative estimate of drug-likeness (QED) is 0.0113. The number of anilines is 2. The summed E-state index contributed by atoms with van der Waals surface area (Å²) >= 11 is 2.43. The Morgan fingerprint density at radius 3 is 1.24 bits per heavy atom. The number of hydrogen-bond donors (Lipinski definition) is 0. The molecule has 111 heavy (non-hydrogen) atoms. The molecule has 0 spiro atoms. The molecular weight excluding hydrogens is 1590 g/mol. The highest BCUT2D eigenvalue weighted by atomic mass is 127. The third kappa shape index (κ3) is 25.9. The van der Waals surface area contributed by atoms with Crippen LogP contribution in [0.2, 0.25) is 103 Å². The number of ether oxygens (including phenoxy) is 12. The minimum atomic E-state index is -1.31. The second kappa shape index (κ2) is 41.9. The van der Waals surface area contributed by atoms with Crippen molar-refractivity contribution in [2.24, 2.45) is 0 Å². The fraction of sp³-hybridized carbons (Fsp3) is 0.600. The molecule has 6 aromatic heterocycles. The van der Waals surface area contributed by atoms with Gasteiger partial charge in [-0.05, 0) is 122 Å². The molecule has 0 amide bonds. The number of methoxy groups -OCH3 is 4. The highest BCUT2D eigenvalue weighted by Crippen LogP contribution is 2.45. The van der Waals surface area contributed by atoms with Gasteiger partial charge < -0.3 is 66.6 Å². The molecule has 0 saturated heterocycles. The van der Waals surface area contributed by atoms with Gasteiger partial charge in [0.2, 0.25) is 0 Å². The summed E-state index contributed by atoms with van der Waals surface area (Å²) in [6, 6.07) is 26.5. The fourth-order valence-electron chi connectivity index (χ4n) is 13.1. The summed E-state index contributed by atoms with van der Waals surface area (Å²) in [7, 11) is 1.22. The summed E-state index contributed by atoms with van der Waals surface area (Å²) in [6.45, 7) is 34.8. The number of esters is 2. The van der Waals surface area contributed by atoms with Crippen LogP contribution in [-0.4, -0.2) is 239 Å². The number of benzene rings is 2. The van der Waals surface area contributed by atoms with E-state index in [0.717, 1.165) is 95.7 Å². The average molecular weight is 1720 g/mol. The van der Waals surface area contributed by atoms with Gasteiger partial charge in [0, 0.05) is 145 Å². The van der Waals surface area contributed by atoms with Gasteiger partial charge in [-0.3, -0.25) is 0 Å². The number of nitrogens with zero attached hydrogens (tertiary/aromatic N) is 12. The van der Waals surface area contributed by atoms with Gasteiger partial charge in [0.25, 0.3) is 0 Å². The second-order valence-corrected chi connectivity index (χ2v) is 57.3. The fourth-order valence-corrected chi connectivity index (χ4v) is 17.3. The van der Waals surface area contributed by atoms with Crippen LogP contribution in [0.4, 0.5) is 11.6 Å². The summed E-state index contributed by atoms with van der Waals surface area (Å²) in [5.74, 6) is 1.12. The largest absolute Gasteiger partial charge is 0.461 e. The van der Waals surface area contributed by atoms with E-state index in [1.807, 2.05) is 116 Å². The van der Waals surface area contributed by atoms with Crippen LogP contribution in [0.5, 0.6) is 0 Å². The lowest BCUT2D eigenvalue weighted by molar-refractivity contribution is -0.181. The molecule has 0 unspecified atom stereocenters. The van der Waals surface area contributed by atoms with E-state index in [1.165, 1.54) is 0 Å². The van der Waals surface area contributed by atoms with Gasteiger partial charge in [-0.1, -0.05) is 115 Å². The molecule has 2 aromatic carbocycles. The summed E-state index contributed by atoms with van der Waals surface area (Å²) in [6.07, 6.45) is 16.2. The molecule has 2 saturated carbocycles. The van der Waals surface area contributed by atoms with E-state index < -0.39 is 43.5 Å². The molecule has 10 rings (SSSR count). The van der Waals surface area contributed by atoms with Crippen molar-refractivity contribution in [1.82, 2.24) is 48.8 Å². The molecular formula is C80H123IN12O14Si4. The number of fused-ring (bicyclic) bond motifs is 2. The average Bonchev–Trinajstić information content (AvgIpc) is 1.63. The molecule has 0 radical (unpaired) electrons. The maximum Gasteiger partial charge on any atom is 0.338 e. The summed E-state index contributed by atoms with van der Waals surface area (Å²) < 4.78 is 78.7. The van der Waals surface area contributed by atoms with E-state index in [9.17, 15) is 9.59 Å². The summed E-state index contributed by atoms with van der Waals surface area (Å²) in [5.41, 5.74) is 6.72. The predicted octanol–water partition coefficient (Wildman–Crippen LogP) is 15.1. The van der Waals surface area contributed by atoms with Crippen LogP contribution >= 0.6 is 22.6 Å². The zero-order valence-electron chi connectivity index (χ0n) is 68.7. The van der Waals surface area contributed by atoms with Crippen LogP contribution < -0.4 is 9.80 Å². The van der Waals surface area contributed by atoms with Crippen LogP contribution in [0, 0.1) is 3.57 Å². The third-order valence-electron chi connectivity index (χ3n) is 20.0. The highest BCUT2D eigenvalue weighted by Gasteiger charge is 2.47. The molecule has 26 nitrogen and oxygen atoms in total. The number of para-hydroxylation sites is 2. The van der Waals surface area contributed by atoms with Crippen molar-refractivity contribution in [3.05, 3.63) is 119 Å². The second-order valence-electron chi connectivity index (χ2n) is 33.7. The van der Waals surface area contributed by atoms with Crippen molar-refractivity contribution in [2.75, 3.05) is 144 Å².